The molecule has 0 aromatic heterocycles. The smallest absolute Gasteiger partial charge is 0.123 e. The summed E-state index contributed by atoms with van der Waals surface area (Å²) < 4.78 is 13.0. The van der Waals surface area contributed by atoms with Gasteiger partial charge in [-0.3, -0.25) is 10.6 Å². The van der Waals surface area contributed by atoms with Gasteiger partial charge in [-0.1, -0.05) is 18.7 Å². The molecule has 2 aliphatic heterocycles. The molecule has 3 rings (SSSR count). The van der Waals surface area contributed by atoms with Crippen molar-refractivity contribution in [2.45, 2.75) is 18.9 Å². The van der Waals surface area contributed by atoms with Crippen LogP contribution in [0.2, 0.25) is 0 Å². The first-order valence-electron chi connectivity index (χ1n) is 6.95. The van der Waals surface area contributed by atoms with E-state index in [9.17, 15) is 4.39 Å². The maximum Gasteiger partial charge on any atom is 0.123 e. The standard InChI is InChI=1S/C15H20FN5/c1-9(17)12-7-21(6-10-2-4-11(16)5-3-10)15-13(12)14(18)19-8-20-15/h2-5,7,13-15,19-20H,1,6,8,17-18H2. The first kappa shape index (κ1) is 14.1. The maximum absolute atomic E-state index is 13.0. The Balaban J connectivity index is 1.84. The van der Waals surface area contributed by atoms with E-state index in [4.69, 9.17) is 11.5 Å². The second kappa shape index (κ2) is 5.48. The Kier molecular flexibility index (Phi) is 3.67. The first-order chi connectivity index (χ1) is 10.1. The largest absolute Gasteiger partial charge is 0.399 e. The predicted molar refractivity (Wildman–Crippen MR) is 79.7 cm³/mol. The van der Waals surface area contributed by atoms with Crippen LogP contribution in [-0.2, 0) is 6.54 Å². The molecule has 0 spiro atoms. The van der Waals surface area contributed by atoms with Crippen molar-refractivity contribution in [3.05, 3.63) is 59.7 Å². The van der Waals surface area contributed by atoms with E-state index in [0.29, 0.717) is 18.9 Å². The predicted octanol–water partition coefficient (Wildman–Crippen LogP) is 0.375. The molecule has 21 heavy (non-hydrogen) atoms. The lowest BCUT2D eigenvalue weighted by Gasteiger charge is -2.39. The van der Waals surface area contributed by atoms with Gasteiger partial charge in [-0.05, 0) is 23.3 Å². The van der Waals surface area contributed by atoms with Crippen LogP contribution >= 0.6 is 0 Å². The Morgan fingerprint density at radius 1 is 1.33 bits per heavy atom. The molecule has 112 valence electrons. The first-order valence-corrected chi connectivity index (χ1v) is 6.95. The number of nitrogens with one attached hydrogen (secondary N) is 2. The summed E-state index contributed by atoms with van der Waals surface area (Å²) in [7, 11) is 0. The van der Waals surface area contributed by atoms with E-state index >= 15 is 0 Å². The van der Waals surface area contributed by atoms with Crippen LogP contribution in [0.3, 0.4) is 0 Å². The van der Waals surface area contributed by atoms with E-state index in [1.165, 1.54) is 12.1 Å². The van der Waals surface area contributed by atoms with Crippen molar-refractivity contribution in [1.29, 1.82) is 0 Å². The molecule has 3 atom stereocenters. The third kappa shape index (κ3) is 2.65. The number of nitrogens with zero attached hydrogens (tertiary/aromatic N) is 1. The SMILES string of the molecule is C=C(N)C1=CN(Cc2ccc(F)cc2)C2NCNC(N)C12. The monoisotopic (exact) mass is 289 g/mol. The summed E-state index contributed by atoms with van der Waals surface area (Å²) in [6, 6.07) is 6.51. The maximum atomic E-state index is 13.0. The number of benzene rings is 1. The third-order valence-electron chi connectivity index (χ3n) is 4.05. The van der Waals surface area contributed by atoms with E-state index in [2.05, 4.69) is 22.1 Å². The molecule has 6 heteroatoms. The van der Waals surface area contributed by atoms with Crippen molar-refractivity contribution in [1.82, 2.24) is 15.5 Å². The molecule has 1 aromatic rings. The summed E-state index contributed by atoms with van der Waals surface area (Å²) in [6.45, 7) is 5.14. The minimum atomic E-state index is -0.230. The van der Waals surface area contributed by atoms with Gasteiger partial charge in [0, 0.05) is 31.0 Å². The molecular weight excluding hydrogens is 269 g/mol. The zero-order valence-electron chi connectivity index (χ0n) is 11.7. The molecule has 0 radical (unpaired) electrons. The molecule has 0 aliphatic carbocycles. The summed E-state index contributed by atoms with van der Waals surface area (Å²) in [6.07, 6.45) is 1.91. The molecule has 1 saturated heterocycles. The van der Waals surface area contributed by atoms with E-state index in [1.54, 1.807) is 12.1 Å². The minimum Gasteiger partial charge on any atom is -0.399 e. The highest BCUT2D eigenvalue weighted by Gasteiger charge is 2.41. The van der Waals surface area contributed by atoms with Gasteiger partial charge in [0.1, 0.15) is 5.82 Å². The lowest BCUT2D eigenvalue weighted by Crippen LogP contribution is -2.63. The van der Waals surface area contributed by atoms with E-state index in [-0.39, 0.29) is 24.1 Å². The van der Waals surface area contributed by atoms with Crippen LogP contribution in [-0.4, -0.2) is 23.9 Å². The number of nitrogens with two attached hydrogens (primary N) is 2. The van der Waals surface area contributed by atoms with Crippen LogP contribution in [0.1, 0.15) is 5.56 Å². The Labute approximate surface area is 123 Å². The topological polar surface area (TPSA) is 79.3 Å². The molecule has 0 bridgehead atoms. The van der Waals surface area contributed by atoms with Crippen molar-refractivity contribution in [3.8, 4) is 0 Å². The van der Waals surface area contributed by atoms with Crippen molar-refractivity contribution in [2.24, 2.45) is 17.4 Å². The molecule has 5 nitrogen and oxygen atoms in total. The van der Waals surface area contributed by atoms with Gasteiger partial charge in [-0.2, -0.15) is 0 Å². The zero-order chi connectivity index (χ0) is 15.0. The van der Waals surface area contributed by atoms with Gasteiger partial charge in [-0.25, -0.2) is 4.39 Å². The fourth-order valence-electron chi connectivity index (χ4n) is 3.01. The number of halogens is 1. The van der Waals surface area contributed by atoms with Gasteiger partial charge < -0.3 is 16.4 Å². The Morgan fingerprint density at radius 2 is 2.05 bits per heavy atom. The summed E-state index contributed by atoms with van der Waals surface area (Å²) in [5.41, 5.74) is 14.6. The van der Waals surface area contributed by atoms with Crippen molar-refractivity contribution in [2.75, 3.05) is 6.67 Å². The molecular formula is C15H20FN5. The van der Waals surface area contributed by atoms with Gasteiger partial charge in [0.05, 0.1) is 12.3 Å². The lowest BCUT2D eigenvalue weighted by atomic mass is 9.93. The molecule has 0 saturated carbocycles. The number of rotatable bonds is 3. The second-order valence-electron chi connectivity index (χ2n) is 5.49. The molecule has 2 aliphatic rings. The number of fused-ring (bicyclic) bond motifs is 1. The van der Waals surface area contributed by atoms with Crippen molar-refractivity contribution in [3.63, 3.8) is 0 Å². The van der Waals surface area contributed by atoms with E-state index < -0.39 is 0 Å². The fraction of sp³-hybridized carbons (Fsp3) is 0.333. The summed E-state index contributed by atoms with van der Waals surface area (Å²) in [5.74, 6) is -0.177. The van der Waals surface area contributed by atoms with Crippen LogP contribution in [0.15, 0.2) is 48.3 Å². The van der Waals surface area contributed by atoms with Crippen LogP contribution in [0, 0.1) is 11.7 Å². The molecule has 0 amide bonds. The quantitative estimate of drug-likeness (QED) is 0.647. The number of allylic oxidation sites excluding steroid dienone is 1. The average molecular weight is 289 g/mol. The molecule has 2 heterocycles. The molecule has 6 N–H and O–H groups in total. The van der Waals surface area contributed by atoms with Crippen molar-refractivity contribution >= 4 is 0 Å². The average Bonchev–Trinajstić information content (AvgIpc) is 2.82. The Hall–Kier alpha value is -1.89. The summed E-state index contributed by atoms with van der Waals surface area (Å²) in [5, 5.41) is 6.57. The minimum absolute atomic E-state index is 0.0525. The van der Waals surface area contributed by atoms with E-state index in [1.807, 2.05) is 6.20 Å². The second-order valence-corrected chi connectivity index (χ2v) is 5.49. The third-order valence-corrected chi connectivity index (χ3v) is 4.05. The van der Waals surface area contributed by atoms with Gasteiger partial charge in [0.25, 0.3) is 0 Å². The lowest BCUT2D eigenvalue weighted by molar-refractivity contribution is 0.139. The van der Waals surface area contributed by atoms with E-state index in [0.717, 1.165) is 11.1 Å². The summed E-state index contributed by atoms with van der Waals surface area (Å²) in [4.78, 5) is 2.14. The van der Waals surface area contributed by atoms with Crippen LogP contribution in [0.25, 0.3) is 0 Å². The zero-order valence-corrected chi connectivity index (χ0v) is 11.7. The van der Waals surface area contributed by atoms with Crippen LogP contribution in [0.5, 0.6) is 0 Å². The highest BCUT2D eigenvalue weighted by molar-refractivity contribution is 5.35. The number of hydrogen-bond acceptors (Lipinski definition) is 5. The van der Waals surface area contributed by atoms with Crippen LogP contribution < -0.4 is 22.1 Å². The van der Waals surface area contributed by atoms with Crippen molar-refractivity contribution < 1.29 is 4.39 Å². The summed E-state index contributed by atoms with van der Waals surface area (Å²) >= 11 is 0. The van der Waals surface area contributed by atoms with Gasteiger partial charge in [-0.15, -0.1) is 0 Å². The van der Waals surface area contributed by atoms with Gasteiger partial charge >= 0.3 is 0 Å². The molecule has 3 unspecified atom stereocenters. The van der Waals surface area contributed by atoms with Gasteiger partial charge in [0.2, 0.25) is 0 Å². The number of hydrogen-bond donors (Lipinski definition) is 4. The highest BCUT2D eigenvalue weighted by atomic mass is 19.1. The van der Waals surface area contributed by atoms with Gasteiger partial charge in [0.15, 0.2) is 0 Å². The Morgan fingerprint density at radius 3 is 2.71 bits per heavy atom. The highest BCUT2D eigenvalue weighted by Crippen LogP contribution is 2.33. The Bertz CT molecular complexity index is 568. The normalized spacial score (nSPS) is 28.2. The van der Waals surface area contributed by atoms with Crippen LogP contribution in [0.4, 0.5) is 4.39 Å². The molecule has 1 aromatic carbocycles. The molecule has 1 fully saturated rings. The fourth-order valence-corrected chi connectivity index (χ4v) is 3.01.